The van der Waals surface area contributed by atoms with E-state index in [-0.39, 0.29) is 12.0 Å². The Morgan fingerprint density at radius 1 is 1.08 bits per heavy atom. The summed E-state index contributed by atoms with van der Waals surface area (Å²) in [5.41, 5.74) is 4.93. The Balaban J connectivity index is 1.99. The third-order valence-electron chi connectivity index (χ3n) is 4.78. The molecule has 4 heteroatoms. The number of carbonyl (C=O) groups is 1. The second kappa shape index (κ2) is 6.04. The topological polar surface area (TPSA) is 66.8 Å². The molecule has 0 radical (unpaired) electrons. The molecule has 1 aliphatic rings. The molecule has 0 bridgehead atoms. The maximum absolute atomic E-state index is 11.7. The van der Waals surface area contributed by atoms with Gasteiger partial charge in [-0.25, -0.2) is 4.79 Å². The molecular formula is C20H22O4. The fourth-order valence-corrected chi connectivity index (χ4v) is 3.44. The molecule has 24 heavy (non-hydrogen) atoms. The molecule has 4 nitrogen and oxygen atoms in total. The van der Waals surface area contributed by atoms with Crippen molar-refractivity contribution in [2.45, 2.75) is 38.4 Å². The van der Waals surface area contributed by atoms with Crippen molar-refractivity contribution < 1.29 is 19.7 Å². The van der Waals surface area contributed by atoms with Crippen LogP contribution < -0.4 is 0 Å². The summed E-state index contributed by atoms with van der Waals surface area (Å²) in [6.45, 7) is 6.09. The predicted molar refractivity (Wildman–Crippen MR) is 91.6 cm³/mol. The molecule has 2 N–H and O–H groups in total. The SMILES string of the molecule is CCOC(=O)C(O)C(O)c1ccc2c(c1)C(C)(C)c1ccccc1-2. The van der Waals surface area contributed by atoms with Crippen molar-refractivity contribution in [1.82, 2.24) is 0 Å². The van der Waals surface area contributed by atoms with Crippen LogP contribution in [-0.4, -0.2) is 28.9 Å². The van der Waals surface area contributed by atoms with Crippen molar-refractivity contribution in [2.75, 3.05) is 6.61 Å². The molecule has 0 saturated carbocycles. The summed E-state index contributed by atoms with van der Waals surface area (Å²) >= 11 is 0. The molecule has 2 unspecified atom stereocenters. The molecule has 0 amide bonds. The third-order valence-corrected chi connectivity index (χ3v) is 4.78. The monoisotopic (exact) mass is 326 g/mol. The van der Waals surface area contributed by atoms with Crippen molar-refractivity contribution in [3.8, 4) is 11.1 Å². The number of fused-ring (bicyclic) bond motifs is 3. The average Bonchev–Trinajstić information content (AvgIpc) is 2.82. The number of ether oxygens (including phenoxy) is 1. The van der Waals surface area contributed by atoms with Gasteiger partial charge >= 0.3 is 5.97 Å². The zero-order valence-electron chi connectivity index (χ0n) is 14.1. The highest BCUT2D eigenvalue weighted by Crippen LogP contribution is 2.49. The van der Waals surface area contributed by atoms with Crippen LogP contribution in [0.4, 0.5) is 0 Å². The minimum Gasteiger partial charge on any atom is -0.464 e. The van der Waals surface area contributed by atoms with Crippen molar-refractivity contribution >= 4 is 5.97 Å². The Hall–Kier alpha value is -2.17. The molecule has 3 rings (SSSR count). The molecule has 0 saturated heterocycles. The van der Waals surface area contributed by atoms with Crippen LogP contribution in [-0.2, 0) is 14.9 Å². The minimum atomic E-state index is -1.59. The number of rotatable bonds is 4. The second-order valence-corrected chi connectivity index (χ2v) is 6.62. The normalized spacial score (nSPS) is 16.9. The van der Waals surface area contributed by atoms with Gasteiger partial charge in [-0.05, 0) is 34.7 Å². The predicted octanol–water partition coefficient (Wildman–Crippen LogP) is 2.95. The number of esters is 1. The van der Waals surface area contributed by atoms with E-state index in [1.165, 1.54) is 11.1 Å². The highest BCUT2D eigenvalue weighted by Gasteiger charge is 2.36. The maximum atomic E-state index is 11.7. The van der Waals surface area contributed by atoms with Crippen molar-refractivity contribution in [2.24, 2.45) is 0 Å². The molecule has 126 valence electrons. The largest absolute Gasteiger partial charge is 0.464 e. The first-order chi connectivity index (χ1) is 11.4. The van der Waals surface area contributed by atoms with E-state index in [9.17, 15) is 15.0 Å². The minimum absolute atomic E-state index is 0.162. The molecule has 1 aliphatic carbocycles. The Bertz CT molecular complexity index is 779. The van der Waals surface area contributed by atoms with Crippen LogP contribution in [0.25, 0.3) is 11.1 Å². The van der Waals surface area contributed by atoms with E-state index in [1.54, 1.807) is 13.0 Å². The summed E-state index contributed by atoms with van der Waals surface area (Å²) in [6, 6.07) is 13.8. The van der Waals surface area contributed by atoms with Gasteiger partial charge in [0.1, 0.15) is 6.10 Å². The smallest absolute Gasteiger partial charge is 0.338 e. The zero-order chi connectivity index (χ0) is 17.5. The molecule has 0 aliphatic heterocycles. The van der Waals surface area contributed by atoms with E-state index >= 15 is 0 Å². The lowest BCUT2D eigenvalue weighted by atomic mass is 9.81. The quantitative estimate of drug-likeness (QED) is 0.848. The molecule has 0 fully saturated rings. The Morgan fingerprint density at radius 2 is 1.75 bits per heavy atom. The van der Waals surface area contributed by atoms with Gasteiger partial charge in [-0.1, -0.05) is 56.3 Å². The first-order valence-corrected chi connectivity index (χ1v) is 8.15. The Kier molecular flexibility index (Phi) is 4.20. The fraction of sp³-hybridized carbons (Fsp3) is 0.350. The lowest BCUT2D eigenvalue weighted by molar-refractivity contribution is -0.159. The van der Waals surface area contributed by atoms with E-state index in [4.69, 9.17) is 4.74 Å². The van der Waals surface area contributed by atoms with Crippen molar-refractivity contribution in [3.05, 3.63) is 59.2 Å². The van der Waals surface area contributed by atoms with Gasteiger partial charge < -0.3 is 14.9 Å². The Labute approximate surface area is 141 Å². The zero-order valence-corrected chi connectivity index (χ0v) is 14.1. The summed E-state index contributed by atoms with van der Waals surface area (Å²) in [6.07, 6.45) is -2.90. The van der Waals surface area contributed by atoms with E-state index in [1.807, 2.05) is 24.3 Å². The molecule has 2 atom stereocenters. The van der Waals surface area contributed by atoms with E-state index < -0.39 is 18.2 Å². The van der Waals surface area contributed by atoms with Crippen molar-refractivity contribution in [3.63, 3.8) is 0 Å². The number of carbonyl (C=O) groups excluding carboxylic acids is 1. The molecule has 0 spiro atoms. The molecule has 2 aromatic carbocycles. The van der Waals surface area contributed by atoms with Gasteiger partial charge in [0.2, 0.25) is 0 Å². The number of hydrogen-bond acceptors (Lipinski definition) is 4. The molecular weight excluding hydrogens is 304 g/mol. The summed E-state index contributed by atoms with van der Waals surface area (Å²) in [7, 11) is 0. The van der Waals surface area contributed by atoms with Crippen LogP contribution in [0.5, 0.6) is 0 Å². The van der Waals surface area contributed by atoms with Gasteiger partial charge in [-0.2, -0.15) is 0 Å². The highest BCUT2D eigenvalue weighted by molar-refractivity contribution is 5.81. The number of benzene rings is 2. The standard InChI is InChI=1S/C20H22O4/c1-4-24-19(23)18(22)17(21)12-9-10-14-13-7-5-6-8-15(13)20(2,3)16(14)11-12/h5-11,17-18,21-22H,4H2,1-3H3. The van der Waals surface area contributed by atoms with Gasteiger partial charge in [0, 0.05) is 5.41 Å². The second-order valence-electron chi connectivity index (χ2n) is 6.62. The van der Waals surface area contributed by atoms with Gasteiger partial charge in [0.05, 0.1) is 6.61 Å². The van der Waals surface area contributed by atoms with Crippen LogP contribution in [0.3, 0.4) is 0 Å². The first kappa shape index (κ1) is 16.7. The Morgan fingerprint density at radius 3 is 2.46 bits per heavy atom. The lowest BCUT2D eigenvalue weighted by Gasteiger charge is -2.23. The molecule has 0 heterocycles. The van der Waals surface area contributed by atoms with Gasteiger partial charge in [0.25, 0.3) is 0 Å². The van der Waals surface area contributed by atoms with Gasteiger partial charge in [-0.15, -0.1) is 0 Å². The lowest BCUT2D eigenvalue weighted by Crippen LogP contribution is -2.30. The van der Waals surface area contributed by atoms with Gasteiger partial charge in [-0.3, -0.25) is 0 Å². The third kappa shape index (κ3) is 2.52. The molecule has 0 aromatic heterocycles. The summed E-state index contributed by atoms with van der Waals surface area (Å²) in [5, 5.41) is 20.4. The van der Waals surface area contributed by atoms with Crippen molar-refractivity contribution in [1.29, 1.82) is 0 Å². The highest BCUT2D eigenvalue weighted by atomic mass is 16.5. The van der Waals surface area contributed by atoms with Crippen LogP contribution in [0.15, 0.2) is 42.5 Å². The maximum Gasteiger partial charge on any atom is 0.338 e. The van der Waals surface area contributed by atoms with Crippen LogP contribution >= 0.6 is 0 Å². The van der Waals surface area contributed by atoms with Crippen LogP contribution in [0.1, 0.15) is 43.6 Å². The fourth-order valence-electron chi connectivity index (χ4n) is 3.44. The number of aliphatic hydroxyl groups excluding tert-OH is 2. The summed E-state index contributed by atoms with van der Waals surface area (Å²) in [5.74, 6) is -0.812. The van der Waals surface area contributed by atoms with Gasteiger partial charge in [0.15, 0.2) is 6.10 Å². The average molecular weight is 326 g/mol. The number of hydrogen-bond donors (Lipinski definition) is 2. The van der Waals surface area contributed by atoms with Crippen LogP contribution in [0.2, 0.25) is 0 Å². The summed E-state index contributed by atoms with van der Waals surface area (Å²) in [4.78, 5) is 11.7. The molecule has 2 aromatic rings. The number of aliphatic hydroxyl groups is 2. The first-order valence-electron chi connectivity index (χ1n) is 8.15. The van der Waals surface area contributed by atoms with E-state index in [2.05, 4.69) is 26.0 Å². The summed E-state index contributed by atoms with van der Waals surface area (Å²) < 4.78 is 4.78. The van der Waals surface area contributed by atoms with E-state index in [0.717, 1.165) is 11.1 Å². The van der Waals surface area contributed by atoms with E-state index in [0.29, 0.717) is 5.56 Å². The van der Waals surface area contributed by atoms with Crippen LogP contribution in [0, 0.1) is 0 Å².